The van der Waals surface area contributed by atoms with Crippen LogP contribution in [0.5, 0.6) is 5.88 Å². The van der Waals surface area contributed by atoms with E-state index in [0.29, 0.717) is 0 Å². The molecule has 1 unspecified atom stereocenters. The summed E-state index contributed by atoms with van der Waals surface area (Å²) in [5.41, 5.74) is 6.91. The normalized spacial score (nSPS) is 12.6. The fraction of sp³-hybridized carbons (Fsp3) is 0.118. The maximum Gasteiger partial charge on any atom is 0.429 e. The number of anilines is 1. The SMILES string of the molecule is Nc1nc(Cl)cc(OC(c2ccc(-c3ccncc3)cc2)C(F)(F)F)n1. The molecular weight excluding hydrogens is 369 g/mol. The first kappa shape index (κ1) is 17.9. The maximum absolute atomic E-state index is 13.5. The summed E-state index contributed by atoms with van der Waals surface area (Å²) in [4.78, 5) is 11.1. The highest BCUT2D eigenvalue weighted by atomic mass is 35.5. The molecule has 0 fully saturated rings. The second kappa shape index (κ2) is 7.17. The Morgan fingerprint density at radius 3 is 2.15 bits per heavy atom. The number of alkyl halides is 3. The zero-order valence-corrected chi connectivity index (χ0v) is 13.9. The van der Waals surface area contributed by atoms with Crippen molar-refractivity contribution in [2.75, 3.05) is 5.73 Å². The molecule has 2 aromatic heterocycles. The molecule has 1 atom stereocenters. The first-order chi connectivity index (χ1) is 12.3. The topological polar surface area (TPSA) is 73.9 Å². The fourth-order valence-electron chi connectivity index (χ4n) is 2.31. The Morgan fingerprint density at radius 1 is 0.962 bits per heavy atom. The van der Waals surface area contributed by atoms with Gasteiger partial charge in [-0.05, 0) is 23.3 Å². The van der Waals surface area contributed by atoms with Gasteiger partial charge in [0.15, 0.2) is 0 Å². The zero-order chi connectivity index (χ0) is 18.7. The molecule has 134 valence electrons. The van der Waals surface area contributed by atoms with Crippen LogP contribution < -0.4 is 10.5 Å². The summed E-state index contributed by atoms with van der Waals surface area (Å²) < 4.78 is 45.4. The van der Waals surface area contributed by atoms with Gasteiger partial charge in [0.25, 0.3) is 0 Å². The number of nitrogen functional groups attached to an aromatic ring is 1. The minimum absolute atomic E-state index is 0.0800. The Morgan fingerprint density at radius 2 is 1.58 bits per heavy atom. The second-order valence-corrected chi connectivity index (χ2v) is 5.67. The third-order valence-corrected chi connectivity index (χ3v) is 3.65. The molecule has 3 aromatic rings. The van der Waals surface area contributed by atoms with Crippen LogP contribution in [0.1, 0.15) is 11.7 Å². The smallest absolute Gasteiger partial charge is 0.429 e. The van der Waals surface area contributed by atoms with E-state index < -0.39 is 12.3 Å². The van der Waals surface area contributed by atoms with Gasteiger partial charge >= 0.3 is 6.18 Å². The standard InChI is InChI=1S/C17H12ClF3N4O/c18-13-9-14(25-16(22)24-13)26-15(17(19,20)21)12-3-1-10(2-4-12)11-5-7-23-8-6-11/h1-9,15H,(H2,22,24,25). The van der Waals surface area contributed by atoms with Crippen LogP contribution in [0.25, 0.3) is 11.1 Å². The molecule has 0 bridgehead atoms. The Labute approximate surface area is 151 Å². The van der Waals surface area contributed by atoms with Gasteiger partial charge in [0, 0.05) is 24.0 Å². The summed E-state index contributed by atoms with van der Waals surface area (Å²) in [6.45, 7) is 0. The lowest BCUT2D eigenvalue weighted by molar-refractivity contribution is -0.198. The van der Waals surface area contributed by atoms with Crippen molar-refractivity contribution in [2.24, 2.45) is 0 Å². The Balaban J connectivity index is 1.91. The van der Waals surface area contributed by atoms with Crippen molar-refractivity contribution in [1.29, 1.82) is 0 Å². The predicted octanol–water partition coefficient (Wildman–Crippen LogP) is 4.46. The summed E-state index contributed by atoms with van der Waals surface area (Å²) in [5, 5.41) is -0.110. The molecule has 0 saturated carbocycles. The molecule has 5 nitrogen and oxygen atoms in total. The van der Waals surface area contributed by atoms with Crippen LogP contribution >= 0.6 is 11.6 Å². The van der Waals surface area contributed by atoms with Crippen molar-refractivity contribution in [2.45, 2.75) is 12.3 Å². The third kappa shape index (κ3) is 4.20. The van der Waals surface area contributed by atoms with Crippen molar-refractivity contribution in [3.8, 4) is 17.0 Å². The van der Waals surface area contributed by atoms with Crippen LogP contribution in [0.3, 0.4) is 0 Å². The van der Waals surface area contributed by atoms with Crippen LogP contribution in [0.4, 0.5) is 19.1 Å². The summed E-state index contributed by atoms with van der Waals surface area (Å²) >= 11 is 5.68. The quantitative estimate of drug-likeness (QED) is 0.676. The van der Waals surface area contributed by atoms with Crippen LogP contribution in [-0.2, 0) is 0 Å². The van der Waals surface area contributed by atoms with Crippen molar-refractivity contribution < 1.29 is 17.9 Å². The van der Waals surface area contributed by atoms with Crippen LogP contribution in [0.15, 0.2) is 54.9 Å². The number of halogens is 4. The zero-order valence-electron chi connectivity index (χ0n) is 13.1. The van der Waals surface area contributed by atoms with Gasteiger partial charge in [-0.2, -0.15) is 18.2 Å². The highest BCUT2D eigenvalue weighted by Crippen LogP contribution is 2.37. The first-order valence-corrected chi connectivity index (χ1v) is 7.74. The number of hydrogen-bond donors (Lipinski definition) is 1. The summed E-state index contributed by atoms with van der Waals surface area (Å²) in [6.07, 6.45) is -3.67. The fourth-order valence-corrected chi connectivity index (χ4v) is 2.49. The van der Waals surface area contributed by atoms with Crippen molar-refractivity contribution in [3.63, 3.8) is 0 Å². The van der Waals surface area contributed by atoms with Gasteiger partial charge in [-0.15, -0.1) is 0 Å². The predicted molar refractivity (Wildman–Crippen MR) is 90.6 cm³/mol. The number of aromatic nitrogens is 3. The van der Waals surface area contributed by atoms with Gasteiger partial charge in [0.1, 0.15) is 5.15 Å². The lowest BCUT2D eigenvalue weighted by atomic mass is 10.0. The van der Waals surface area contributed by atoms with Gasteiger partial charge in [0.05, 0.1) is 0 Å². The number of benzene rings is 1. The molecule has 0 radical (unpaired) electrons. The van der Waals surface area contributed by atoms with E-state index in [1.165, 1.54) is 12.1 Å². The molecule has 2 heterocycles. The van der Waals surface area contributed by atoms with E-state index in [1.54, 1.807) is 36.7 Å². The number of nitrogens with zero attached hydrogens (tertiary/aromatic N) is 3. The van der Waals surface area contributed by atoms with E-state index in [2.05, 4.69) is 15.0 Å². The molecule has 0 aliphatic heterocycles. The lowest BCUT2D eigenvalue weighted by Gasteiger charge is -2.22. The largest absolute Gasteiger partial charge is 0.460 e. The van der Waals surface area contributed by atoms with Gasteiger partial charge in [-0.25, -0.2) is 4.98 Å². The number of pyridine rings is 1. The minimum Gasteiger partial charge on any atom is -0.460 e. The van der Waals surface area contributed by atoms with Crippen molar-refractivity contribution in [1.82, 2.24) is 15.0 Å². The number of ether oxygens (including phenoxy) is 1. The molecule has 0 saturated heterocycles. The first-order valence-electron chi connectivity index (χ1n) is 7.37. The van der Waals surface area contributed by atoms with E-state index in [4.69, 9.17) is 22.1 Å². The van der Waals surface area contributed by atoms with E-state index in [0.717, 1.165) is 17.2 Å². The third-order valence-electron chi connectivity index (χ3n) is 3.45. The number of rotatable bonds is 4. The molecule has 0 aliphatic carbocycles. The van der Waals surface area contributed by atoms with Gasteiger partial charge in [-0.1, -0.05) is 35.9 Å². The van der Waals surface area contributed by atoms with E-state index in [-0.39, 0.29) is 22.5 Å². The Bertz CT molecular complexity index is 869. The van der Waals surface area contributed by atoms with Gasteiger partial charge < -0.3 is 10.5 Å². The van der Waals surface area contributed by atoms with Crippen molar-refractivity contribution in [3.05, 3.63) is 65.6 Å². The van der Waals surface area contributed by atoms with Gasteiger partial charge in [-0.3, -0.25) is 4.98 Å². The second-order valence-electron chi connectivity index (χ2n) is 5.28. The monoisotopic (exact) mass is 380 g/mol. The van der Waals surface area contributed by atoms with Gasteiger partial charge in [0.2, 0.25) is 17.9 Å². The lowest BCUT2D eigenvalue weighted by Crippen LogP contribution is -2.26. The van der Waals surface area contributed by atoms with Crippen molar-refractivity contribution >= 4 is 17.5 Å². The highest BCUT2D eigenvalue weighted by Gasteiger charge is 2.43. The Hall–Kier alpha value is -2.87. The highest BCUT2D eigenvalue weighted by molar-refractivity contribution is 6.29. The summed E-state index contributed by atoms with van der Waals surface area (Å²) in [6, 6.07) is 10.4. The number of nitrogens with two attached hydrogens (primary N) is 1. The van der Waals surface area contributed by atoms with Crippen LogP contribution in [0, 0.1) is 0 Å². The average Bonchev–Trinajstić information content (AvgIpc) is 2.59. The average molecular weight is 381 g/mol. The maximum atomic E-state index is 13.5. The van der Waals surface area contributed by atoms with E-state index >= 15 is 0 Å². The summed E-state index contributed by atoms with van der Waals surface area (Å²) in [7, 11) is 0. The molecular formula is C17H12ClF3N4O. The molecule has 0 amide bonds. The Kier molecular flexibility index (Phi) is 4.94. The molecule has 2 N–H and O–H groups in total. The molecule has 0 spiro atoms. The van der Waals surface area contributed by atoms with Crippen LogP contribution in [-0.4, -0.2) is 21.1 Å². The molecule has 1 aromatic carbocycles. The molecule has 9 heteroatoms. The minimum atomic E-state index is -4.66. The van der Waals surface area contributed by atoms with Crippen LogP contribution in [0.2, 0.25) is 5.15 Å². The molecule has 26 heavy (non-hydrogen) atoms. The summed E-state index contributed by atoms with van der Waals surface area (Å²) in [5.74, 6) is -0.635. The van der Waals surface area contributed by atoms with E-state index in [1.807, 2.05) is 0 Å². The molecule has 3 rings (SSSR count). The number of hydrogen-bond acceptors (Lipinski definition) is 5. The molecule has 0 aliphatic rings. The van der Waals surface area contributed by atoms with E-state index in [9.17, 15) is 13.2 Å².